The van der Waals surface area contributed by atoms with Crippen LogP contribution in [0.5, 0.6) is 5.75 Å². The molecule has 0 spiro atoms. The number of hydrogen-bond acceptors (Lipinski definition) is 5. The summed E-state index contributed by atoms with van der Waals surface area (Å²) in [5, 5.41) is 9.49. The number of carbonyl (C=O) groups excluding carboxylic acids is 2. The van der Waals surface area contributed by atoms with Crippen molar-refractivity contribution in [3.8, 4) is 22.7 Å². The number of nitrogens with zero attached hydrogens (tertiary/aromatic N) is 2. The number of rotatable bonds is 8. The number of hydrogen-bond donors (Lipinski definition) is 1. The van der Waals surface area contributed by atoms with Crippen LogP contribution in [0.3, 0.4) is 0 Å². The van der Waals surface area contributed by atoms with Crippen molar-refractivity contribution in [2.75, 3.05) is 12.4 Å². The number of methoxy groups -OCH3 is 1. The minimum atomic E-state index is -0.171. The molecule has 0 aliphatic heterocycles. The van der Waals surface area contributed by atoms with E-state index in [9.17, 15) is 9.59 Å². The van der Waals surface area contributed by atoms with Crippen molar-refractivity contribution in [3.63, 3.8) is 0 Å². The molecule has 0 atom stereocenters. The molecule has 0 aliphatic carbocycles. The number of nitrogens with one attached hydrogen (secondary N) is 1. The van der Waals surface area contributed by atoms with Gasteiger partial charge in [-0.05, 0) is 84.3 Å². The normalized spacial score (nSPS) is 10.9. The summed E-state index contributed by atoms with van der Waals surface area (Å²) in [5.41, 5.74) is 4.54. The number of benzene rings is 3. The molecule has 37 heavy (non-hydrogen) atoms. The van der Waals surface area contributed by atoms with Gasteiger partial charge < -0.3 is 10.1 Å². The average Bonchev–Trinajstić information content (AvgIpc) is 3.64. The van der Waals surface area contributed by atoms with E-state index in [-0.39, 0.29) is 11.7 Å². The van der Waals surface area contributed by atoms with Crippen LogP contribution in [-0.2, 0) is 0 Å². The zero-order chi connectivity index (χ0) is 25.6. The molecule has 0 saturated carbocycles. The second-order valence-electron chi connectivity index (χ2n) is 8.15. The average molecular weight is 506 g/mol. The van der Waals surface area contributed by atoms with Gasteiger partial charge in [0, 0.05) is 28.6 Å². The van der Waals surface area contributed by atoms with Crippen LogP contribution in [0.1, 0.15) is 25.6 Å². The van der Waals surface area contributed by atoms with E-state index in [1.54, 1.807) is 54.3 Å². The maximum absolute atomic E-state index is 12.9. The topological polar surface area (TPSA) is 73.2 Å². The molecule has 5 aromatic rings. The highest BCUT2D eigenvalue weighted by molar-refractivity contribution is 7.12. The summed E-state index contributed by atoms with van der Waals surface area (Å²) in [7, 11) is 1.63. The molecule has 1 N–H and O–H groups in total. The van der Waals surface area contributed by atoms with Crippen LogP contribution in [0.4, 0.5) is 5.69 Å². The van der Waals surface area contributed by atoms with Gasteiger partial charge in [0.05, 0.1) is 23.4 Å². The monoisotopic (exact) mass is 505 g/mol. The van der Waals surface area contributed by atoms with Crippen molar-refractivity contribution in [1.82, 2.24) is 9.78 Å². The number of ether oxygens (including phenoxy) is 1. The van der Waals surface area contributed by atoms with Crippen LogP contribution in [0.25, 0.3) is 23.0 Å². The molecule has 6 nitrogen and oxygen atoms in total. The van der Waals surface area contributed by atoms with Gasteiger partial charge in [0.25, 0.3) is 5.91 Å². The van der Waals surface area contributed by atoms with E-state index >= 15 is 0 Å². The van der Waals surface area contributed by atoms with Crippen molar-refractivity contribution < 1.29 is 14.3 Å². The minimum absolute atomic E-state index is 0.149. The van der Waals surface area contributed by atoms with Crippen LogP contribution >= 0.6 is 11.3 Å². The van der Waals surface area contributed by atoms with Gasteiger partial charge >= 0.3 is 0 Å². The van der Waals surface area contributed by atoms with E-state index in [2.05, 4.69) is 5.32 Å². The number of aromatic nitrogens is 2. The van der Waals surface area contributed by atoms with E-state index in [0.717, 1.165) is 28.3 Å². The van der Waals surface area contributed by atoms with Crippen molar-refractivity contribution >= 4 is 34.8 Å². The molecule has 0 bridgehead atoms. The molecule has 7 heteroatoms. The van der Waals surface area contributed by atoms with Gasteiger partial charge in [0.2, 0.25) is 0 Å². The van der Waals surface area contributed by atoms with Crippen LogP contribution in [0.15, 0.2) is 109 Å². The SMILES string of the molecule is COc1ccc(-c2nn(-c3ccccc3)cc2/C=C/C(=O)c2ccc(NC(=O)c3cccs3)cc2)cc1. The summed E-state index contributed by atoms with van der Waals surface area (Å²) in [4.78, 5) is 25.8. The summed E-state index contributed by atoms with van der Waals surface area (Å²) in [6, 6.07) is 27.9. The Morgan fingerprint density at radius 1 is 0.919 bits per heavy atom. The van der Waals surface area contributed by atoms with Crippen molar-refractivity contribution in [1.29, 1.82) is 0 Å². The van der Waals surface area contributed by atoms with Crippen LogP contribution in [-0.4, -0.2) is 28.6 Å². The van der Waals surface area contributed by atoms with E-state index in [1.165, 1.54) is 11.3 Å². The largest absolute Gasteiger partial charge is 0.497 e. The van der Waals surface area contributed by atoms with E-state index < -0.39 is 0 Å². The molecular weight excluding hydrogens is 482 g/mol. The molecule has 0 radical (unpaired) electrons. The first kappa shape index (κ1) is 24.0. The fraction of sp³-hybridized carbons (Fsp3) is 0.0333. The summed E-state index contributed by atoms with van der Waals surface area (Å²) >= 11 is 1.38. The first-order valence-electron chi connectivity index (χ1n) is 11.6. The lowest BCUT2D eigenvalue weighted by Gasteiger charge is -2.04. The smallest absolute Gasteiger partial charge is 0.265 e. The number of para-hydroxylation sites is 1. The quantitative estimate of drug-likeness (QED) is 0.187. The lowest BCUT2D eigenvalue weighted by Crippen LogP contribution is -2.10. The van der Waals surface area contributed by atoms with E-state index in [0.29, 0.717) is 16.1 Å². The molecule has 1 amide bonds. The number of allylic oxidation sites excluding steroid dienone is 1. The Bertz CT molecular complexity index is 1540. The van der Waals surface area contributed by atoms with E-state index in [1.807, 2.05) is 72.2 Å². The summed E-state index contributed by atoms with van der Waals surface area (Å²) in [5.74, 6) is 0.438. The van der Waals surface area contributed by atoms with Crippen LogP contribution in [0.2, 0.25) is 0 Å². The molecule has 3 aromatic carbocycles. The number of anilines is 1. The third-order valence-corrected chi connectivity index (χ3v) is 6.58. The maximum Gasteiger partial charge on any atom is 0.265 e. The van der Waals surface area contributed by atoms with E-state index in [4.69, 9.17) is 9.84 Å². The highest BCUT2D eigenvalue weighted by Gasteiger charge is 2.12. The van der Waals surface area contributed by atoms with Crippen molar-refractivity contribution in [2.24, 2.45) is 0 Å². The first-order valence-corrected chi connectivity index (χ1v) is 12.5. The molecule has 0 saturated heterocycles. The number of thiophene rings is 1. The Kier molecular flexibility index (Phi) is 7.05. The molecule has 0 aliphatic rings. The third-order valence-electron chi connectivity index (χ3n) is 5.71. The Labute approximate surface area is 218 Å². The third kappa shape index (κ3) is 5.58. The highest BCUT2D eigenvalue weighted by atomic mass is 32.1. The van der Waals surface area contributed by atoms with Gasteiger partial charge in [0.15, 0.2) is 5.78 Å². The lowest BCUT2D eigenvalue weighted by molar-refractivity contribution is 0.102. The molecule has 2 aromatic heterocycles. The van der Waals surface area contributed by atoms with Gasteiger partial charge in [-0.2, -0.15) is 5.10 Å². The number of carbonyl (C=O) groups is 2. The van der Waals surface area contributed by atoms with Gasteiger partial charge in [0.1, 0.15) is 5.75 Å². The standard InChI is InChI=1S/C30H23N3O3S/c1-36-26-16-11-22(12-17-26)29-23(20-33(32-29)25-6-3-2-4-7-25)13-18-27(34)21-9-14-24(15-10-21)31-30(35)28-8-5-19-37-28/h2-20H,1H3,(H,31,35)/b18-13+. The Morgan fingerprint density at radius 3 is 2.35 bits per heavy atom. The number of ketones is 1. The predicted octanol–water partition coefficient (Wildman–Crippen LogP) is 6.76. The fourth-order valence-electron chi connectivity index (χ4n) is 3.78. The predicted molar refractivity (Wildman–Crippen MR) is 148 cm³/mol. The van der Waals surface area contributed by atoms with Crippen LogP contribution in [0, 0.1) is 0 Å². The van der Waals surface area contributed by atoms with Crippen LogP contribution < -0.4 is 10.1 Å². The van der Waals surface area contributed by atoms with Gasteiger partial charge in [-0.3, -0.25) is 9.59 Å². The maximum atomic E-state index is 12.9. The van der Waals surface area contributed by atoms with Gasteiger partial charge in [-0.15, -0.1) is 11.3 Å². The molecular formula is C30H23N3O3S. The Morgan fingerprint density at radius 2 is 1.68 bits per heavy atom. The molecule has 2 heterocycles. The first-order chi connectivity index (χ1) is 18.1. The second-order valence-corrected chi connectivity index (χ2v) is 9.10. The Hall–Kier alpha value is -4.75. The van der Waals surface area contributed by atoms with Gasteiger partial charge in [-0.25, -0.2) is 4.68 Å². The highest BCUT2D eigenvalue weighted by Crippen LogP contribution is 2.27. The lowest BCUT2D eigenvalue weighted by atomic mass is 10.1. The molecule has 0 unspecified atom stereocenters. The zero-order valence-corrected chi connectivity index (χ0v) is 20.8. The van der Waals surface area contributed by atoms with Crippen molar-refractivity contribution in [3.05, 3.63) is 125 Å². The second kappa shape index (κ2) is 10.9. The molecule has 0 fully saturated rings. The van der Waals surface area contributed by atoms with Crippen molar-refractivity contribution in [2.45, 2.75) is 0 Å². The Balaban J connectivity index is 1.38. The summed E-state index contributed by atoms with van der Waals surface area (Å²) in [6.45, 7) is 0. The summed E-state index contributed by atoms with van der Waals surface area (Å²) < 4.78 is 7.08. The fourth-order valence-corrected chi connectivity index (χ4v) is 4.39. The molecule has 182 valence electrons. The number of amides is 1. The zero-order valence-electron chi connectivity index (χ0n) is 20.0. The van der Waals surface area contributed by atoms with Gasteiger partial charge in [-0.1, -0.05) is 24.3 Å². The molecule has 5 rings (SSSR count). The minimum Gasteiger partial charge on any atom is -0.497 e. The summed E-state index contributed by atoms with van der Waals surface area (Å²) in [6.07, 6.45) is 5.22.